The minimum absolute atomic E-state index is 0.295. The number of benzene rings is 1. The van der Waals surface area contributed by atoms with Crippen LogP contribution in [0.5, 0.6) is 0 Å². The highest BCUT2D eigenvalue weighted by Crippen LogP contribution is 2.35. The molecule has 1 atom stereocenters. The van der Waals surface area contributed by atoms with Crippen molar-refractivity contribution in [2.24, 2.45) is 0 Å². The lowest BCUT2D eigenvalue weighted by atomic mass is 10.2. The zero-order valence-corrected chi connectivity index (χ0v) is 16.4. The van der Waals surface area contributed by atoms with E-state index in [1.54, 1.807) is 6.08 Å². The lowest BCUT2D eigenvalue weighted by Crippen LogP contribution is -2.42. The van der Waals surface area contributed by atoms with Crippen molar-refractivity contribution in [3.8, 4) is 5.69 Å². The minimum atomic E-state index is -0.954. The van der Waals surface area contributed by atoms with Gasteiger partial charge in [-0.05, 0) is 62.4 Å². The number of thioether (sulfide) groups is 1. The molecule has 0 saturated carbocycles. The number of hydrogen-bond donors (Lipinski definition) is 0. The molecule has 0 aliphatic carbocycles. The van der Waals surface area contributed by atoms with Gasteiger partial charge in [0.15, 0.2) is 0 Å². The van der Waals surface area contributed by atoms with Gasteiger partial charge in [0, 0.05) is 17.1 Å². The van der Waals surface area contributed by atoms with Gasteiger partial charge in [0.1, 0.15) is 6.04 Å². The average Bonchev–Trinajstić information content (AvgIpc) is 3.09. The van der Waals surface area contributed by atoms with Crippen LogP contribution in [0.4, 0.5) is 4.79 Å². The topological polar surface area (TPSA) is 68.6 Å². The molecule has 7 heteroatoms. The molecule has 6 nitrogen and oxygen atoms in total. The Bertz CT molecular complexity index is 946. The summed E-state index contributed by atoms with van der Waals surface area (Å²) in [7, 11) is 1.23. The predicted molar refractivity (Wildman–Crippen MR) is 105 cm³/mol. The summed E-state index contributed by atoms with van der Waals surface area (Å²) in [4.78, 5) is 37.8. The van der Waals surface area contributed by atoms with Crippen molar-refractivity contribution < 1.29 is 19.1 Å². The number of aryl methyl sites for hydroxylation is 1. The molecule has 0 unspecified atom stereocenters. The van der Waals surface area contributed by atoms with E-state index in [-0.39, 0.29) is 0 Å². The van der Waals surface area contributed by atoms with Gasteiger partial charge >= 0.3 is 5.97 Å². The monoisotopic (exact) mass is 384 g/mol. The second-order valence-electron chi connectivity index (χ2n) is 6.25. The fourth-order valence-corrected chi connectivity index (χ4v) is 4.04. The van der Waals surface area contributed by atoms with E-state index in [9.17, 15) is 14.4 Å². The largest absolute Gasteiger partial charge is 0.467 e. The third kappa shape index (κ3) is 3.42. The van der Waals surface area contributed by atoms with Crippen molar-refractivity contribution in [2.75, 3.05) is 7.11 Å². The molecule has 2 aromatic rings. The number of rotatable bonds is 4. The summed E-state index contributed by atoms with van der Waals surface area (Å²) in [5.41, 5.74) is 3.87. The van der Waals surface area contributed by atoms with E-state index in [1.165, 1.54) is 14.0 Å². The number of aromatic nitrogens is 1. The van der Waals surface area contributed by atoms with Gasteiger partial charge in [-0.15, -0.1) is 0 Å². The first-order valence-corrected chi connectivity index (χ1v) is 9.26. The molecule has 0 bridgehead atoms. The number of amides is 2. The Kier molecular flexibility index (Phi) is 5.23. The van der Waals surface area contributed by atoms with Crippen LogP contribution in [0, 0.1) is 13.8 Å². The number of hydrogen-bond acceptors (Lipinski definition) is 5. The first kappa shape index (κ1) is 19.0. The first-order valence-electron chi connectivity index (χ1n) is 8.44. The summed E-state index contributed by atoms with van der Waals surface area (Å²) in [6.45, 7) is 5.43. The Morgan fingerprint density at radius 3 is 2.48 bits per heavy atom. The van der Waals surface area contributed by atoms with Gasteiger partial charge in [-0.25, -0.2) is 4.79 Å². The maximum absolute atomic E-state index is 12.7. The first-order chi connectivity index (χ1) is 12.8. The number of ether oxygens (including phenoxy) is 1. The van der Waals surface area contributed by atoms with Crippen LogP contribution in [0.15, 0.2) is 41.3 Å². The Morgan fingerprint density at radius 1 is 1.19 bits per heavy atom. The van der Waals surface area contributed by atoms with E-state index in [0.29, 0.717) is 4.91 Å². The number of esters is 1. The molecule has 1 aromatic heterocycles. The van der Waals surface area contributed by atoms with Gasteiger partial charge in [0.2, 0.25) is 0 Å². The van der Waals surface area contributed by atoms with Crippen LogP contribution < -0.4 is 0 Å². The molecule has 3 rings (SSSR count). The van der Waals surface area contributed by atoms with Crippen LogP contribution in [-0.2, 0) is 14.3 Å². The molecule has 27 heavy (non-hydrogen) atoms. The molecular formula is C20H20N2O4S. The van der Waals surface area contributed by atoms with E-state index in [1.807, 2.05) is 50.2 Å². The van der Waals surface area contributed by atoms with Crippen LogP contribution in [0.2, 0.25) is 0 Å². The Hall–Kier alpha value is -2.80. The van der Waals surface area contributed by atoms with Crippen molar-refractivity contribution >= 4 is 35.0 Å². The summed E-state index contributed by atoms with van der Waals surface area (Å²) >= 11 is 0.834. The molecule has 0 spiro atoms. The maximum Gasteiger partial charge on any atom is 0.328 e. The quantitative estimate of drug-likeness (QED) is 0.594. The van der Waals surface area contributed by atoms with Crippen LogP contribution in [-0.4, -0.2) is 39.7 Å². The minimum Gasteiger partial charge on any atom is -0.467 e. The number of carbonyl (C=O) groups is 3. The van der Waals surface area contributed by atoms with E-state index in [0.717, 1.165) is 39.3 Å². The molecule has 1 aliphatic heterocycles. The molecule has 1 aromatic carbocycles. The van der Waals surface area contributed by atoms with Crippen molar-refractivity contribution in [1.82, 2.24) is 9.47 Å². The van der Waals surface area contributed by atoms with E-state index >= 15 is 0 Å². The standard InChI is InChI=1S/C20H20N2O4S/c1-12-10-15(13(2)21(12)16-8-6-5-7-9-16)11-17-18(23)22(20(25)27-17)14(3)19(24)26-4/h5-11,14H,1-4H3/b17-11-/t14-/m1/s1. The molecular weight excluding hydrogens is 364 g/mol. The lowest BCUT2D eigenvalue weighted by Gasteiger charge is -2.18. The third-order valence-corrected chi connectivity index (χ3v) is 5.41. The number of imide groups is 1. The van der Waals surface area contributed by atoms with E-state index in [4.69, 9.17) is 0 Å². The number of methoxy groups -OCH3 is 1. The molecule has 1 fully saturated rings. The highest BCUT2D eigenvalue weighted by Gasteiger charge is 2.41. The van der Waals surface area contributed by atoms with Gasteiger partial charge in [0.05, 0.1) is 12.0 Å². The molecule has 2 heterocycles. The second kappa shape index (κ2) is 7.44. The van der Waals surface area contributed by atoms with Gasteiger partial charge in [0.25, 0.3) is 11.1 Å². The molecule has 2 amide bonds. The summed E-state index contributed by atoms with van der Waals surface area (Å²) in [5.74, 6) is -1.10. The van der Waals surface area contributed by atoms with Gasteiger partial charge in [-0.3, -0.25) is 14.5 Å². The fourth-order valence-electron chi connectivity index (χ4n) is 3.14. The van der Waals surface area contributed by atoms with Gasteiger partial charge in [-0.1, -0.05) is 18.2 Å². The molecule has 0 N–H and O–H groups in total. The number of nitrogens with zero attached hydrogens (tertiary/aromatic N) is 2. The fraction of sp³-hybridized carbons (Fsp3) is 0.250. The molecule has 0 radical (unpaired) electrons. The normalized spacial score (nSPS) is 16.9. The van der Waals surface area contributed by atoms with E-state index in [2.05, 4.69) is 9.30 Å². The zero-order valence-electron chi connectivity index (χ0n) is 15.6. The van der Waals surface area contributed by atoms with Crippen LogP contribution in [0.3, 0.4) is 0 Å². The molecule has 1 aliphatic rings. The number of para-hydroxylation sites is 1. The number of carbonyl (C=O) groups excluding carboxylic acids is 3. The van der Waals surface area contributed by atoms with Gasteiger partial charge in [-0.2, -0.15) is 0 Å². The molecule has 1 saturated heterocycles. The second-order valence-corrected chi connectivity index (χ2v) is 7.24. The Labute approximate surface area is 161 Å². The van der Waals surface area contributed by atoms with Crippen LogP contribution in [0.1, 0.15) is 23.9 Å². The summed E-state index contributed by atoms with van der Waals surface area (Å²) in [6, 6.07) is 10.9. The van der Waals surface area contributed by atoms with Crippen molar-refractivity contribution in [1.29, 1.82) is 0 Å². The van der Waals surface area contributed by atoms with Crippen molar-refractivity contribution in [2.45, 2.75) is 26.8 Å². The highest BCUT2D eigenvalue weighted by molar-refractivity contribution is 8.18. The Balaban J connectivity index is 1.96. The zero-order chi connectivity index (χ0) is 19.7. The SMILES string of the molecule is COC(=O)[C@@H](C)N1C(=O)S/C(=C\c2cc(C)n(-c3ccccc3)c2C)C1=O. The van der Waals surface area contributed by atoms with Crippen molar-refractivity contribution in [3.63, 3.8) is 0 Å². The third-order valence-electron chi connectivity index (χ3n) is 4.52. The van der Waals surface area contributed by atoms with Crippen LogP contribution in [0.25, 0.3) is 11.8 Å². The maximum atomic E-state index is 12.7. The lowest BCUT2D eigenvalue weighted by molar-refractivity contribution is -0.148. The average molecular weight is 384 g/mol. The summed E-state index contributed by atoms with van der Waals surface area (Å²) in [6.07, 6.45) is 1.71. The summed E-state index contributed by atoms with van der Waals surface area (Å²) < 4.78 is 6.74. The summed E-state index contributed by atoms with van der Waals surface area (Å²) in [5, 5.41) is -0.471. The van der Waals surface area contributed by atoms with Crippen molar-refractivity contribution in [3.05, 3.63) is 58.3 Å². The smallest absolute Gasteiger partial charge is 0.328 e. The van der Waals surface area contributed by atoms with E-state index < -0.39 is 23.2 Å². The highest BCUT2D eigenvalue weighted by atomic mass is 32.2. The Morgan fingerprint density at radius 2 is 1.85 bits per heavy atom. The predicted octanol–water partition coefficient (Wildman–Crippen LogP) is 3.69. The van der Waals surface area contributed by atoms with Crippen LogP contribution >= 0.6 is 11.8 Å². The van der Waals surface area contributed by atoms with Gasteiger partial charge < -0.3 is 9.30 Å². The molecule has 140 valence electrons.